The topological polar surface area (TPSA) is 90.2 Å². The van der Waals surface area contributed by atoms with E-state index in [4.69, 9.17) is 16.3 Å². The third kappa shape index (κ3) is 4.82. The Hall–Kier alpha value is -1.28. The van der Waals surface area contributed by atoms with Crippen LogP contribution in [0.25, 0.3) is 0 Å². The lowest BCUT2D eigenvalue weighted by Gasteiger charge is -2.39. The Kier molecular flexibility index (Phi) is 7.25. The molecule has 4 N–H and O–H groups in total. The van der Waals surface area contributed by atoms with Crippen molar-refractivity contribution in [2.45, 2.75) is 48.8 Å². The van der Waals surface area contributed by atoms with Crippen LogP contribution in [-0.2, 0) is 12.8 Å². The Morgan fingerprint density at radius 1 is 0.964 bits per heavy atom. The number of benzene rings is 2. The van der Waals surface area contributed by atoms with Gasteiger partial charge < -0.3 is 25.2 Å². The molecule has 2 aromatic rings. The number of aliphatic hydroxyl groups excluding tert-OH is 4. The molecule has 7 heteroatoms. The van der Waals surface area contributed by atoms with Gasteiger partial charge in [-0.05, 0) is 35.7 Å². The van der Waals surface area contributed by atoms with Gasteiger partial charge in [-0.1, -0.05) is 42.8 Å². The molecule has 1 aliphatic rings. The maximum Gasteiger partial charge on any atom is 0.173 e. The number of ether oxygens (including phenoxy) is 1. The zero-order chi connectivity index (χ0) is 20.3. The van der Waals surface area contributed by atoms with Crippen LogP contribution in [0.2, 0.25) is 5.02 Å². The highest BCUT2D eigenvalue weighted by Crippen LogP contribution is 2.36. The van der Waals surface area contributed by atoms with Gasteiger partial charge in [0, 0.05) is 17.0 Å². The van der Waals surface area contributed by atoms with Crippen LogP contribution in [-0.4, -0.2) is 56.0 Å². The minimum absolute atomic E-state index is 0.327. The van der Waals surface area contributed by atoms with Crippen molar-refractivity contribution >= 4 is 23.4 Å². The van der Waals surface area contributed by atoms with Crippen LogP contribution in [0.3, 0.4) is 0 Å². The second-order valence-corrected chi connectivity index (χ2v) is 8.69. The first kappa shape index (κ1) is 21.4. The fraction of sp³-hybridized carbons (Fsp3) is 0.429. The Balaban J connectivity index is 1.81. The lowest BCUT2D eigenvalue weighted by Crippen LogP contribution is -2.55. The largest absolute Gasteiger partial charge is 0.477 e. The molecule has 0 amide bonds. The molecule has 1 aliphatic heterocycles. The molecule has 0 aliphatic carbocycles. The van der Waals surface area contributed by atoms with Crippen molar-refractivity contribution < 1.29 is 25.2 Å². The Morgan fingerprint density at radius 3 is 2.29 bits per heavy atom. The first-order valence-electron chi connectivity index (χ1n) is 9.26. The number of halogens is 1. The molecule has 3 rings (SSSR count). The molecule has 5 nitrogen and oxygen atoms in total. The number of aliphatic hydroxyl groups is 4. The van der Waals surface area contributed by atoms with E-state index in [1.54, 1.807) is 12.1 Å². The molecule has 1 heterocycles. The molecule has 0 radical (unpaired) electrons. The summed E-state index contributed by atoms with van der Waals surface area (Å²) in [5.74, 6) is 0.542. The van der Waals surface area contributed by atoms with E-state index in [2.05, 4.69) is 31.2 Å². The van der Waals surface area contributed by atoms with Crippen molar-refractivity contribution in [1.29, 1.82) is 0 Å². The van der Waals surface area contributed by atoms with Gasteiger partial charge in [0.25, 0.3) is 0 Å². The van der Waals surface area contributed by atoms with Crippen LogP contribution < -0.4 is 4.74 Å². The smallest absolute Gasteiger partial charge is 0.173 e. The minimum Gasteiger partial charge on any atom is -0.477 e. The highest BCUT2D eigenvalue weighted by molar-refractivity contribution is 8.00. The van der Waals surface area contributed by atoms with Crippen molar-refractivity contribution in [3.63, 3.8) is 0 Å². The molecule has 28 heavy (non-hydrogen) atoms. The Morgan fingerprint density at radius 2 is 1.64 bits per heavy atom. The summed E-state index contributed by atoms with van der Waals surface area (Å²) in [5, 5.41) is 39.7. The summed E-state index contributed by atoms with van der Waals surface area (Å²) in [6.45, 7) is 1.78. The second-order valence-electron chi connectivity index (χ2n) is 6.91. The first-order chi connectivity index (χ1) is 13.4. The summed E-state index contributed by atoms with van der Waals surface area (Å²) in [4.78, 5) is 0. The van der Waals surface area contributed by atoms with Gasteiger partial charge in [0.15, 0.2) is 5.44 Å². The van der Waals surface area contributed by atoms with E-state index in [-0.39, 0.29) is 6.61 Å². The molecule has 5 atom stereocenters. The third-order valence-corrected chi connectivity index (χ3v) is 6.60. The van der Waals surface area contributed by atoms with Gasteiger partial charge in [-0.25, -0.2) is 0 Å². The maximum absolute atomic E-state index is 10.3. The van der Waals surface area contributed by atoms with E-state index >= 15 is 0 Å². The molecule has 0 spiro atoms. The van der Waals surface area contributed by atoms with Gasteiger partial charge in [-0.15, -0.1) is 11.8 Å². The molecule has 0 saturated carbocycles. The van der Waals surface area contributed by atoms with Gasteiger partial charge in [0.05, 0.1) is 18.0 Å². The third-order valence-electron chi connectivity index (χ3n) is 4.94. The average Bonchev–Trinajstić information content (AvgIpc) is 2.70. The van der Waals surface area contributed by atoms with E-state index in [9.17, 15) is 20.4 Å². The van der Waals surface area contributed by atoms with Gasteiger partial charge in [0.1, 0.15) is 18.0 Å². The maximum atomic E-state index is 10.3. The lowest BCUT2D eigenvalue weighted by molar-refractivity contribution is -0.0910. The highest BCUT2D eigenvalue weighted by atomic mass is 35.5. The molecular weight excluding hydrogens is 400 g/mol. The van der Waals surface area contributed by atoms with Crippen molar-refractivity contribution in [3.05, 3.63) is 64.2 Å². The van der Waals surface area contributed by atoms with E-state index in [0.29, 0.717) is 17.2 Å². The van der Waals surface area contributed by atoms with E-state index < -0.39 is 29.0 Å². The Bertz CT molecular complexity index is 783. The molecule has 0 unspecified atom stereocenters. The highest BCUT2D eigenvalue weighted by Gasteiger charge is 2.44. The molecule has 2 aromatic carbocycles. The predicted molar refractivity (Wildman–Crippen MR) is 111 cm³/mol. The lowest BCUT2D eigenvalue weighted by atomic mass is 10.0. The SMILES string of the molecule is CCc1ccc(Cc2cc(Cl)ccc2O[C@H]2S[C@@H](CO)[C@@H](O)[C@H](O)[C@H]2O)cc1. The summed E-state index contributed by atoms with van der Waals surface area (Å²) >= 11 is 7.28. The van der Waals surface area contributed by atoms with Crippen molar-refractivity contribution in [2.75, 3.05) is 6.61 Å². The average molecular weight is 425 g/mol. The van der Waals surface area contributed by atoms with Crippen LogP contribution in [0, 0.1) is 0 Å². The molecule has 1 saturated heterocycles. The van der Waals surface area contributed by atoms with Crippen LogP contribution in [0.1, 0.15) is 23.6 Å². The fourth-order valence-electron chi connectivity index (χ4n) is 3.20. The summed E-state index contributed by atoms with van der Waals surface area (Å²) in [5.41, 5.74) is 2.39. The van der Waals surface area contributed by atoms with E-state index in [0.717, 1.165) is 29.3 Å². The van der Waals surface area contributed by atoms with Gasteiger partial charge in [0.2, 0.25) is 0 Å². The van der Waals surface area contributed by atoms with Crippen LogP contribution in [0.15, 0.2) is 42.5 Å². The summed E-state index contributed by atoms with van der Waals surface area (Å²) in [6, 6.07) is 13.6. The molecular formula is C21H25ClO5S. The number of hydrogen-bond donors (Lipinski definition) is 4. The van der Waals surface area contributed by atoms with Gasteiger partial charge >= 0.3 is 0 Å². The van der Waals surface area contributed by atoms with E-state index in [1.807, 2.05) is 6.07 Å². The van der Waals surface area contributed by atoms with Gasteiger partial charge in [-0.3, -0.25) is 0 Å². The predicted octanol–water partition coefficient (Wildman–Crippen LogP) is 2.39. The zero-order valence-electron chi connectivity index (χ0n) is 15.5. The monoisotopic (exact) mass is 424 g/mol. The fourth-order valence-corrected chi connectivity index (χ4v) is 4.63. The summed E-state index contributed by atoms with van der Waals surface area (Å²) in [7, 11) is 0. The van der Waals surface area contributed by atoms with Gasteiger partial charge in [-0.2, -0.15) is 0 Å². The molecule has 0 bridgehead atoms. The normalized spacial score (nSPS) is 27.6. The van der Waals surface area contributed by atoms with Crippen LogP contribution >= 0.6 is 23.4 Å². The number of rotatable bonds is 6. The number of hydrogen-bond acceptors (Lipinski definition) is 6. The molecule has 152 valence electrons. The van der Waals surface area contributed by atoms with Crippen LogP contribution in [0.5, 0.6) is 5.75 Å². The first-order valence-corrected chi connectivity index (χ1v) is 10.6. The molecule has 0 aromatic heterocycles. The Labute approximate surface area is 173 Å². The quantitative estimate of drug-likeness (QED) is 0.569. The van der Waals surface area contributed by atoms with Crippen molar-refractivity contribution in [2.24, 2.45) is 0 Å². The zero-order valence-corrected chi connectivity index (χ0v) is 17.1. The number of thioether (sulfide) groups is 1. The number of aryl methyl sites for hydroxylation is 1. The summed E-state index contributed by atoms with van der Waals surface area (Å²) < 4.78 is 5.99. The summed E-state index contributed by atoms with van der Waals surface area (Å²) in [6.07, 6.45) is -2.31. The minimum atomic E-state index is -1.39. The van der Waals surface area contributed by atoms with E-state index in [1.165, 1.54) is 5.56 Å². The van der Waals surface area contributed by atoms with Crippen molar-refractivity contribution in [1.82, 2.24) is 0 Å². The van der Waals surface area contributed by atoms with Crippen molar-refractivity contribution in [3.8, 4) is 5.75 Å². The second kappa shape index (κ2) is 9.48. The van der Waals surface area contributed by atoms with Crippen LogP contribution in [0.4, 0.5) is 0 Å². The molecule has 1 fully saturated rings. The standard InChI is InChI=1S/C21H25ClO5S/c1-2-12-3-5-13(6-4-12)9-14-10-15(22)7-8-16(14)27-21-20(26)19(25)18(24)17(11-23)28-21/h3-8,10,17-21,23-26H,2,9,11H2,1H3/t17-,18+,19-,20+,21-/m0/s1.